The van der Waals surface area contributed by atoms with Gasteiger partial charge in [0.2, 0.25) is 11.6 Å². The number of rotatable bonds is 0. The summed E-state index contributed by atoms with van der Waals surface area (Å²) in [5.41, 5.74) is 0. The van der Waals surface area contributed by atoms with Crippen molar-refractivity contribution in [1.29, 1.82) is 0 Å². The molecule has 0 saturated carbocycles. The summed E-state index contributed by atoms with van der Waals surface area (Å²) in [5, 5.41) is 39.0. The molecule has 0 atom stereocenters. The van der Waals surface area contributed by atoms with E-state index in [2.05, 4.69) is 5.32 Å². The topological polar surface area (TPSA) is 93.0 Å². The van der Waals surface area contributed by atoms with Crippen LogP contribution in [0.5, 0.6) is 0 Å². The average molecular weight is 163 g/mol. The van der Waals surface area contributed by atoms with Crippen molar-refractivity contribution in [2.75, 3.05) is 13.1 Å². The molecule has 1 aliphatic rings. The first-order valence-corrected chi connectivity index (χ1v) is 3.56. The zero-order valence-corrected chi connectivity index (χ0v) is 6.12. The fraction of sp³-hybridized carbons (Fsp3) is 1.00. The van der Waals surface area contributed by atoms with Crippen molar-refractivity contribution >= 4 is 0 Å². The van der Waals surface area contributed by atoms with E-state index >= 15 is 0 Å². The first-order valence-electron chi connectivity index (χ1n) is 3.56. The van der Waals surface area contributed by atoms with Gasteiger partial charge in [0.1, 0.15) is 0 Å². The molecule has 0 spiro atoms. The standard InChI is InChI=1S/C6H13NO4/c8-5(9)2-1-3-7-4-6(5,10)11/h7-11H,1-4H2. The Morgan fingerprint density at radius 2 is 1.64 bits per heavy atom. The predicted octanol–water partition coefficient (Wildman–Crippen LogP) is -2.27. The molecule has 11 heavy (non-hydrogen) atoms. The van der Waals surface area contributed by atoms with Crippen LogP contribution in [0.2, 0.25) is 0 Å². The summed E-state index contributed by atoms with van der Waals surface area (Å²) in [4.78, 5) is 0. The molecule has 0 aromatic carbocycles. The lowest BCUT2D eigenvalue weighted by atomic mass is 10.0. The van der Waals surface area contributed by atoms with Crippen LogP contribution in [-0.4, -0.2) is 45.1 Å². The minimum absolute atomic E-state index is 0.0347. The molecule has 0 aliphatic carbocycles. The minimum Gasteiger partial charge on any atom is -0.361 e. The third kappa shape index (κ3) is 1.69. The van der Waals surface area contributed by atoms with Gasteiger partial charge in [0.15, 0.2) is 0 Å². The van der Waals surface area contributed by atoms with Gasteiger partial charge < -0.3 is 25.7 Å². The SMILES string of the molecule is OC1(O)CCCNCC1(O)O. The first-order chi connectivity index (χ1) is 4.96. The molecule has 0 radical (unpaired) electrons. The van der Waals surface area contributed by atoms with E-state index in [-0.39, 0.29) is 13.0 Å². The van der Waals surface area contributed by atoms with Gasteiger partial charge in [-0.25, -0.2) is 0 Å². The van der Waals surface area contributed by atoms with E-state index in [0.717, 1.165) is 0 Å². The van der Waals surface area contributed by atoms with E-state index in [1.165, 1.54) is 0 Å². The molecule has 1 heterocycles. The Morgan fingerprint density at radius 1 is 1.00 bits per heavy atom. The third-order valence-corrected chi connectivity index (χ3v) is 1.89. The second-order valence-electron chi connectivity index (χ2n) is 2.91. The second-order valence-corrected chi connectivity index (χ2v) is 2.91. The molecular weight excluding hydrogens is 150 g/mol. The fourth-order valence-electron chi connectivity index (χ4n) is 1.06. The van der Waals surface area contributed by atoms with Crippen LogP contribution in [0.3, 0.4) is 0 Å². The molecule has 5 nitrogen and oxygen atoms in total. The monoisotopic (exact) mass is 163 g/mol. The Bertz CT molecular complexity index is 130. The lowest BCUT2D eigenvalue weighted by Gasteiger charge is -2.32. The molecule has 5 N–H and O–H groups in total. The van der Waals surface area contributed by atoms with Crippen LogP contribution in [0.25, 0.3) is 0 Å². The Morgan fingerprint density at radius 3 is 2.27 bits per heavy atom. The largest absolute Gasteiger partial charge is 0.361 e. The normalized spacial score (nSPS) is 29.5. The van der Waals surface area contributed by atoms with Gasteiger partial charge in [-0.3, -0.25) is 0 Å². The molecule has 1 rings (SSSR count). The van der Waals surface area contributed by atoms with Crippen LogP contribution < -0.4 is 5.32 Å². The van der Waals surface area contributed by atoms with E-state index < -0.39 is 11.6 Å². The molecule has 0 aromatic heterocycles. The highest BCUT2D eigenvalue weighted by Crippen LogP contribution is 2.23. The maximum atomic E-state index is 9.10. The second kappa shape index (κ2) is 2.69. The van der Waals surface area contributed by atoms with E-state index in [4.69, 9.17) is 20.4 Å². The van der Waals surface area contributed by atoms with Gasteiger partial charge in [0.25, 0.3) is 0 Å². The Balaban J connectivity index is 2.72. The number of aliphatic hydroxyl groups is 4. The molecule has 1 aliphatic heterocycles. The molecule has 0 amide bonds. The van der Waals surface area contributed by atoms with Crippen molar-refractivity contribution in [1.82, 2.24) is 5.32 Å². The van der Waals surface area contributed by atoms with Gasteiger partial charge in [-0.15, -0.1) is 0 Å². The predicted molar refractivity (Wildman–Crippen MR) is 36.4 cm³/mol. The van der Waals surface area contributed by atoms with Crippen molar-refractivity contribution < 1.29 is 20.4 Å². The summed E-state index contributed by atoms with van der Waals surface area (Å²) in [7, 11) is 0. The lowest BCUT2D eigenvalue weighted by Crippen LogP contribution is -2.57. The molecule has 1 fully saturated rings. The Labute approximate surface area is 64.3 Å². The highest BCUT2D eigenvalue weighted by Gasteiger charge is 2.47. The number of β-amino-alcohol motifs (C(OH)–C–C–N with tert-alkyl or cyclic N) is 2. The van der Waals surface area contributed by atoms with Gasteiger partial charge in [0, 0.05) is 6.42 Å². The van der Waals surface area contributed by atoms with E-state index in [1.54, 1.807) is 0 Å². The number of hydrogen-bond acceptors (Lipinski definition) is 5. The van der Waals surface area contributed by atoms with Crippen molar-refractivity contribution in [3.05, 3.63) is 0 Å². The molecule has 1 saturated heterocycles. The van der Waals surface area contributed by atoms with Crippen molar-refractivity contribution in [3.8, 4) is 0 Å². The fourth-order valence-corrected chi connectivity index (χ4v) is 1.06. The summed E-state index contributed by atoms with van der Waals surface area (Å²) in [5.74, 6) is -4.83. The summed E-state index contributed by atoms with van der Waals surface area (Å²) < 4.78 is 0. The van der Waals surface area contributed by atoms with Crippen LogP contribution in [0.15, 0.2) is 0 Å². The zero-order valence-electron chi connectivity index (χ0n) is 6.12. The first kappa shape index (κ1) is 8.89. The van der Waals surface area contributed by atoms with Crippen molar-refractivity contribution in [3.63, 3.8) is 0 Å². The van der Waals surface area contributed by atoms with Crippen LogP contribution in [0.1, 0.15) is 12.8 Å². The molecular formula is C6H13NO4. The number of nitrogens with one attached hydrogen (secondary N) is 1. The van der Waals surface area contributed by atoms with Gasteiger partial charge in [-0.1, -0.05) is 0 Å². The quantitative estimate of drug-likeness (QED) is 0.260. The summed E-state index contributed by atoms with van der Waals surface area (Å²) in [6, 6.07) is 0. The summed E-state index contributed by atoms with van der Waals surface area (Å²) in [6.07, 6.45) is 0.475. The minimum atomic E-state index is -2.44. The lowest BCUT2D eigenvalue weighted by molar-refractivity contribution is -0.352. The van der Waals surface area contributed by atoms with Crippen LogP contribution in [0, 0.1) is 0 Å². The van der Waals surface area contributed by atoms with E-state index in [0.29, 0.717) is 13.0 Å². The van der Waals surface area contributed by atoms with Gasteiger partial charge in [-0.2, -0.15) is 0 Å². The Hall–Kier alpha value is -0.200. The van der Waals surface area contributed by atoms with Gasteiger partial charge in [-0.05, 0) is 13.0 Å². The molecule has 0 bridgehead atoms. The van der Waals surface area contributed by atoms with Gasteiger partial charge in [0.05, 0.1) is 6.54 Å². The molecule has 0 unspecified atom stereocenters. The van der Waals surface area contributed by atoms with Crippen molar-refractivity contribution in [2.24, 2.45) is 0 Å². The van der Waals surface area contributed by atoms with Crippen LogP contribution in [-0.2, 0) is 0 Å². The maximum absolute atomic E-state index is 9.10. The molecule has 66 valence electrons. The van der Waals surface area contributed by atoms with Crippen LogP contribution in [0.4, 0.5) is 0 Å². The summed E-state index contributed by atoms with van der Waals surface area (Å²) >= 11 is 0. The van der Waals surface area contributed by atoms with E-state index in [1.807, 2.05) is 0 Å². The van der Waals surface area contributed by atoms with Crippen molar-refractivity contribution in [2.45, 2.75) is 24.4 Å². The third-order valence-electron chi connectivity index (χ3n) is 1.89. The Kier molecular flexibility index (Phi) is 2.17. The smallest absolute Gasteiger partial charge is 0.231 e. The average Bonchev–Trinajstić information content (AvgIpc) is 1.94. The highest BCUT2D eigenvalue weighted by atomic mass is 16.6. The van der Waals surface area contributed by atoms with E-state index in [9.17, 15) is 0 Å². The maximum Gasteiger partial charge on any atom is 0.231 e. The summed E-state index contributed by atoms with van der Waals surface area (Å²) in [6.45, 7) is 0.339. The highest BCUT2D eigenvalue weighted by molar-refractivity contribution is 4.86. The zero-order chi connectivity index (χ0) is 8.54. The van der Waals surface area contributed by atoms with Gasteiger partial charge >= 0.3 is 0 Å². The number of hydrogen-bond donors (Lipinski definition) is 5. The van der Waals surface area contributed by atoms with Crippen LogP contribution >= 0.6 is 0 Å². The molecule has 5 heteroatoms. The molecule has 0 aromatic rings.